The number of hydrogen-bond acceptors (Lipinski definition) is 3. The summed E-state index contributed by atoms with van der Waals surface area (Å²) in [5, 5.41) is 3.42. The first kappa shape index (κ1) is 15.8. The number of ether oxygens (including phenoxy) is 1. The van der Waals surface area contributed by atoms with Crippen LogP contribution in [0, 0.1) is 0 Å². The zero-order valence-corrected chi connectivity index (χ0v) is 13.5. The third kappa shape index (κ3) is 3.63. The van der Waals surface area contributed by atoms with Crippen molar-refractivity contribution >= 4 is 17.3 Å². The average Bonchev–Trinajstić information content (AvgIpc) is 2.64. The number of carbonyl (C=O) groups is 1. The molecule has 3 rings (SSSR count). The van der Waals surface area contributed by atoms with Crippen molar-refractivity contribution in [2.75, 3.05) is 11.9 Å². The largest absolute Gasteiger partial charge is 0.462 e. The summed E-state index contributed by atoms with van der Waals surface area (Å²) in [4.78, 5) is 11.7. The summed E-state index contributed by atoms with van der Waals surface area (Å²) >= 11 is 0. The van der Waals surface area contributed by atoms with E-state index in [1.807, 2.05) is 48.5 Å². The molecule has 0 spiro atoms. The van der Waals surface area contributed by atoms with Gasteiger partial charge in [0.05, 0.1) is 12.2 Å². The molecule has 0 aromatic heterocycles. The van der Waals surface area contributed by atoms with Crippen LogP contribution in [0.4, 0.5) is 11.4 Å². The molecule has 3 aromatic carbocycles. The van der Waals surface area contributed by atoms with E-state index in [4.69, 9.17) is 4.74 Å². The van der Waals surface area contributed by atoms with Crippen LogP contribution in [0.2, 0.25) is 0 Å². The smallest absolute Gasteiger partial charge is 0.338 e. The van der Waals surface area contributed by atoms with E-state index in [1.165, 1.54) is 0 Å². The molecule has 0 heterocycles. The topological polar surface area (TPSA) is 38.3 Å². The van der Waals surface area contributed by atoms with E-state index in [2.05, 4.69) is 23.5 Å². The molecule has 0 amide bonds. The normalized spacial score (nSPS) is 10.2. The summed E-state index contributed by atoms with van der Waals surface area (Å²) in [7, 11) is 0. The highest BCUT2D eigenvalue weighted by Crippen LogP contribution is 2.30. The summed E-state index contributed by atoms with van der Waals surface area (Å²) in [5.41, 5.74) is 4.79. The summed E-state index contributed by atoms with van der Waals surface area (Å²) in [6, 6.07) is 25.7. The monoisotopic (exact) mass is 317 g/mol. The fourth-order valence-electron chi connectivity index (χ4n) is 2.52. The molecule has 0 saturated carbocycles. The summed E-state index contributed by atoms with van der Waals surface area (Å²) in [6.07, 6.45) is 0. The van der Waals surface area contributed by atoms with E-state index < -0.39 is 0 Å². The summed E-state index contributed by atoms with van der Waals surface area (Å²) in [6.45, 7) is 2.18. The first-order valence-electron chi connectivity index (χ1n) is 7.96. The number of carbonyl (C=O) groups excluding carboxylic acids is 1. The molecular formula is C21H19NO2. The van der Waals surface area contributed by atoms with Crippen LogP contribution in [0.15, 0.2) is 78.9 Å². The quantitative estimate of drug-likeness (QED) is 0.651. The molecule has 24 heavy (non-hydrogen) atoms. The minimum Gasteiger partial charge on any atom is -0.462 e. The van der Waals surface area contributed by atoms with E-state index in [9.17, 15) is 4.79 Å². The molecule has 0 radical (unpaired) electrons. The summed E-state index contributed by atoms with van der Waals surface area (Å²) in [5.74, 6) is -0.297. The van der Waals surface area contributed by atoms with Gasteiger partial charge in [0, 0.05) is 16.9 Å². The van der Waals surface area contributed by atoms with Gasteiger partial charge in [-0.1, -0.05) is 48.5 Å². The molecule has 3 heteroatoms. The predicted octanol–water partition coefficient (Wildman–Crippen LogP) is 5.27. The van der Waals surface area contributed by atoms with Gasteiger partial charge in [0.1, 0.15) is 0 Å². The van der Waals surface area contributed by atoms with Gasteiger partial charge in [0.2, 0.25) is 0 Å². The molecular weight excluding hydrogens is 298 g/mol. The highest BCUT2D eigenvalue weighted by molar-refractivity contribution is 5.90. The van der Waals surface area contributed by atoms with Crippen molar-refractivity contribution in [3.05, 3.63) is 84.4 Å². The minimum absolute atomic E-state index is 0.297. The van der Waals surface area contributed by atoms with E-state index in [-0.39, 0.29) is 5.97 Å². The second-order valence-electron chi connectivity index (χ2n) is 5.33. The molecule has 3 aromatic rings. The van der Waals surface area contributed by atoms with Gasteiger partial charge >= 0.3 is 5.97 Å². The van der Waals surface area contributed by atoms with Crippen molar-refractivity contribution in [3.63, 3.8) is 0 Å². The van der Waals surface area contributed by atoms with Gasteiger partial charge < -0.3 is 10.1 Å². The van der Waals surface area contributed by atoms with Crippen LogP contribution >= 0.6 is 0 Å². The van der Waals surface area contributed by atoms with Crippen LogP contribution in [-0.4, -0.2) is 12.6 Å². The Morgan fingerprint density at radius 1 is 0.875 bits per heavy atom. The highest BCUT2D eigenvalue weighted by atomic mass is 16.5. The lowest BCUT2D eigenvalue weighted by atomic mass is 10.0. The molecule has 0 unspecified atom stereocenters. The maximum absolute atomic E-state index is 11.7. The van der Waals surface area contributed by atoms with Crippen LogP contribution in [0.1, 0.15) is 17.3 Å². The van der Waals surface area contributed by atoms with E-state index in [0.717, 1.165) is 22.5 Å². The van der Waals surface area contributed by atoms with Crippen LogP contribution < -0.4 is 5.32 Å². The van der Waals surface area contributed by atoms with E-state index >= 15 is 0 Å². The molecule has 120 valence electrons. The van der Waals surface area contributed by atoms with Crippen LogP contribution in [0.5, 0.6) is 0 Å². The van der Waals surface area contributed by atoms with Gasteiger partial charge in [-0.15, -0.1) is 0 Å². The van der Waals surface area contributed by atoms with Crippen molar-refractivity contribution in [1.29, 1.82) is 0 Å². The van der Waals surface area contributed by atoms with Crippen molar-refractivity contribution in [2.45, 2.75) is 6.92 Å². The zero-order valence-electron chi connectivity index (χ0n) is 13.5. The predicted molar refractivity (Wildman–Crippen MR) is 97.6 cm³/mol. The van der Waals surface area contributed by atoms with Gasteiger partial charge in [-0.2, -0.15) is 0 Å². The maximum atomic E-state index is 11.7. The van der Waals surface area contributed by atoms with Crippen molar-refractivity contribution in [1.82, 2.24) is 0 Å². The molecule has 0 fully saturated rings. The molecule has 0 aliphatic carbocycles. The summed E-state index contributed by atoms with van der Waals surface area (Å²) < 4.78 is 5.00. The number of para-hydroxylation sites is 1. The van der Waals surface area contributed by atoms with Crippen LogP contribution in [0.3, 0.4) is 0 Å². The Bertz CT molecular complexity index is 811. The standard InChI is InChI=1S/C21H19NO2/c1-2-24-21(23)17-12-14-18(15-13-17)22-20-11-7-6-10-19(20)16-8-4-3-5-9-16/h3-15,22H,2H2,1H3. The van der Waals surface area contributed by atoms with Gasteiger partial charge in [-0.25, -0.2) is 4.79 Å². The Balaban J connectivity index is 1.83. The van der Waals surface area contributed by atoms with Gasteiger partial charge in [-0.05, 0) is 42.8 Å². The third-order valence-corrected chi connectivity index (χ3v) is 3.69. The maximum Gasteiger partial charge on any atom is 0.338 e. The fraction of sp³-hybridized carbons (Fsp3) is 0.0952. The first-order valence-corrected chi connectivity index (χ1v) is 7.96. The lowest BCUT2D eigenvalue weighted by molar-refractivity contribution is 0.0526. The lowest BCUT2D eigenvalue weighted by Crippen LogP contribution is -2.04. The third-order valence-electron chi connectivity index (χ3n) is 3.69. The van der Waals surface area contributed by atoms with Crippen molar-refractivity contribution < 1.29 is 9.53 Å². The second-order valence-corrected chi connectivity index (χ2v) is 5.33. The first-order chi connectivity index (χ1) is 11.8. The SMILES string of the molecule is CCOC(=O)c1ccc(Nc2ccccc2-c2ccccc2)cc1. The number of nitrogens with one attached hydrogen (secondary N) is 1. The minimum atomic E-state index is -0.297. The molecule has 0 bridgehead atoms. The van der Waals surface area contributed by atoms with E-state index in [1.54, 1.807) is 19.1 Å². The van der Waals surface area contributed by atoms with Gasteiger partial charge in [-0.3, -0.25) is 0 Å². The number of rotatable bonds is 5. The Labute approximate surface area is 141 Å². The fourth-order valence-corrected chi connectivity index (χ4v) is 2.52. The van der Waals surface area contributed by atoms with Gasteiger partial charge in [0.15, 0.2) is 0 Å². The van der Waals surface area contributed by atoms with Crippen molar-refractivity contribution in [2.24, 2.45) is 0 Å². The Morgan fingerprint density at radius 3 is 2.25 bits per heavy atom. The van der Waals surface area contributed by atoms with Gasteiger partial charge in [0.25, 0.3) is 0 Å². The molecule has 0 aliphatic rings. The molecule has 0 atom stereocenters. The highest BCUT2D eigenvalue weighted by Gasteiger charge is 2.07. The van der Waals surface area contributed by atoms with Crippen LogP contribution in [-0.2, 0) is 4.74 Å². The lowest BCUT2D eigenvalue weighted by Gasteiger charge is -2.12. The number of hydrogen-bond donors (Lipinski definition) is 1. The molecule has 1 N–H and O–H groups in total. The van der Waals surface area contributed by atoms with Crippen molar-refractivity contribution in [3.8, 4) is 11.1 Å². The number of benzene rings is 3. The second kappa shape index (κ2) is 7.47. The number of anilines is 2. The van der Waals surface area contributed by atoms with Crippen LogP contribution in [0.25, 0.3) is 11.1 Å². The van der Waals surface area contributed by atoms with E-state index in [0.29, 0.717) is 12.2 Å². The average molecular weight is 317 g/mol. The zero-order chi connectivity index (χ0) is 16.8. The Hall–Kier alpha value is -3.07. The Kier molecular flexibility index (Phi) is 4.92. The Morgan fingerprint density at radius 2 is 1.54 bits per heavy atom. The molecule has 0 saturated heterocycles. The molecule has 0 aliphatic heterocycles. The number of esters is 1. The molecule has 3 nitrogen and oxygen atoms in total.